The van der Waals surface area contributed by atoms with Crippen molar-refractivity contribution < 1.29 is 26.9 Å². The zero-order valence-corrected chi connectivity index (χ0v) is 15.4. The second kappa shape index (κ2) is 9.82. The predicted molar refractivity (Wildman–Crippen MR) is 98.0 cm³/mol. The van der Waals surface area contributed by atoms with E-state index in [9.17, 15) is 13.2 Å². The van der Waals surface area contributed by atoms with Crippen molar-refractivity contribution in [3.8, 4) is 11.5 Å². The van der Waals surface area contributed by atoms with E-state index in [-0.39, 0.29) is 24.7 Å². The Balaban J connectivity index is 1.79. The fourth-order valence-electron chi connectivity index (χ4n) is 2.05. The first-order chi connectivity index (χ1) is 12.5. The average Bonchev–Trinajstić information content (AvgIpc) is 2.64. The first-order valence-electron chi connectivity index (χ1n) is 8.37. The molecule has 2 rings (SSSR count). The Bertz CT molecular complexity index is 785. The maximum Gasteiger partial charge on any atom is 0.338 e. The topological polar surface area (TPSA) is 78.9 Å². The van der Waals surface area contributed by atoms with Crippen molar-refractivity contribution >= 4 is 16.1 Å². The van der Waals surface area contributed by atoms with E-state index >= 15 is 0 Å². The molecule has 0 aromatic heterocycles. The molecule has 0 N–H and O–H groups in total. The summed E-state index contributed by atoms with van der Waals surface area (Å²) in [7, 11) is -3.61. The van der Waals surface area contributed by atoms with E-state index < -0.39 is 16.1 Å². The molecule has 0 aliphatic heterocycles. The van der Waals surface area contributed by atoms with Crippen molar-refractivity contribution in [3.63, 3.8) is 0 Å². The lowest BCUT2D eigenvalue weighted by Gasteiger charge is -2.08. The molecule has 0 bridgehead atoms. The first kappa shape index (κ1) is 19.8. The molecule has 6 nitrogen and oxygen atoms in total. The lowest BCUT2D eigenvalue weighted by atomic mass is 10.2. The summed E-state index contributed by atoms with van der Waals surface area (Å²) < 4.78 is 39.0. The molecule has 2 aromatic carbocycles. The number of ether oxygens (including phenoxy) is 2. The van der Waals surface area contributed by atoms with Crippen LogP contribution in [0.5, 0.6) is 11.5 Å². The fourth-order valence-corrected chi connectivity index (χ4v) is 3.18. The molecule has 0 aliphatic carbocycles. The van der Waals surface area contributed by atoms with Crippen LogP contribution in [-0.4, -0.2) is 33.4 Å². The van der Waals surface area contributed by atoms with E-state index in [2.05, 4.69) is 0 Å². The van der Waals surface area contributed by atoms with Crippen molar-refractivity contribution in [1.82, 2.24) is 0 Å². The monoisotopic (exact) mass is 378 g/mol. The number of esters is 1. The minimum atomic E-state index is -3.61. The maximum absolute atomic E-state index is 12.0. The highest BCUT2D eigenvalue weighted by molar-refractivity contribution is 7.87. The number of hydrogen-bond acceptors (Lipinski definition) is 6. The van der Waals surface area contributed by atoms with Crippen LogP contribution >= 0.6 is 0 Å². The first-order valence-corrected chi connectivity index (χ1v) is 9.95. The Morgan fingerprint density at radius 1 is 0.923 bits per heavy atom. The Morgan fingerprint density at radius 3 is 2.27 bits per heavy atom. The van der Waals surface area contributed by atoms with Gasteiger partial charge < -0.3 is 13.7 Å². The summed E-state index contributed by atoms with van der Waals surface area (Å²) >= 11 is 0. The normalized spacial score (nSPS) is 11.0. The van der Waals surface area contributed by atoms with Gasteiger partial charge in [-0.3, -0.25) is 0 Å². The van der Waals surface area contributed by atoms with Gasteiger partial charge in [-0.25, -0.2) is 4.79 Å². The maximum atomic E-state index is 12.0. The molecule has 0 fully saturated rings. The second-order valence-electron chi connectivity index (χ2n) is 5.52. The van der Waals surface area contributed by atoms with Crippen LogP contribution in [-0.2, 0) is 14.9 Å². The summed E-state index contributed by atoms with van der Waals surface area (Å²) in [6.07, 6.45) is 1.30. The summed E-state index contributed by atoms with van der Waals surface area (Å²) in [5.74, 6) is 0.329. The third-order valence-electron chi connectivity index (χ3n) is 3.39. The fraction of sp³-hybridized carbons (Fsp3) is 0.316. The second-order valence-corrected chi connectivity index (χ2v) is 7.21. The van der Waals surface area contributed by atoms with Gasteiger partial charge in [0.1, 0.15) is 24.7 Å². The number of benzene rings is 2. The van der Waals surface area contributed by atoms with Crippen molar-refractivity contribution in [2.45, 2.75) is 19.8 Å². The highest BCUT2D eigenvalue weighted by Crippen LogP contribution is 2.16. The smallest absolute Gasteiger partial charge is 0.338 e. The van der Waals surface area contributed by atoms with Crippen LogP contribution in [0.15, 0.2) is 54.6 Å². The molecule has 0 spiro atoms. The van der Waals surface area contributed by atoms with Gasteiger partial charge in [0, 0.05) is 0 Å². The minimum Gasteiger partial charge on any atom is -0.490 e. The molecule has 0 radical (unpaired) electrons. The molecular weight excluding hydrogens is 356 g/mol. The van der Waals surface area contributed by atoms with Crippen LogP contribution in [0.1, 0.15) is 30.1 Å². The summed E-state index contributed by atoms with van der Waals surface area (Å²) in [5, 5.41) is 0. The molecule has 140 valence electrons. The van der Waals surface area contributed by atoms with Crippen LogP contribution in [0.3, 0.4) is 0 Å². The SMILES string of the molecule is CCCCS(=O)(=O)Oc1ccc(C(=O)OCCOc2ccccc2)cc1. The van der Waals surface area contributed by atoms with E-state index in [1.54, 1.807) is 0 Å². The van der Waals surface area contributed by atoms with E-state index in [0.29, 0.717) is 17.7 Å². The van der Waals surface area contributed by atoms with Crippen molar-refractivity contribution in [3.05, 3.63) is 60.2 Å². The van der Waals surface area contributed by atoms with Gasteiger partial charge in [0.2, 0.25) is 0 Å². The van der Waals surface area contributed by atoms with Crippen LogP contribution < -0.4 is 8.92 Å². The number of carbonyl (C=O) groups is 1. The van der Waals surface area contributed by atoms with Gasteiger partial charge in [0.15, 0.2) is 0 Å². The highest BCUT2D eigenvalue weighted by atomic mass is 32.2. The van der Waals surface area contributed by atoms with Crippen LogP contribution in [0.4, 0.5) is 0 Å². The molecule has 0 heterocycles. The van der Waals surface area contributed by atoms with Crippen molar-refractivity contribution in [2.75, 3.05) is 19.0 Å². The number of rotatable bonds is 10. The van der Waals surface area contributed by atoms with Gasteiger partial charge in [-0.15, -0.1) is 0 Å². The Hall–Kier alpha value is -2.54. The van der Waals surface area contributed by atoms with Gasteiger partial charge in [-0.1, -0.05) is 31.5 Å². The summed E-state index contributed by atoms with van der Waals surface area (Å²) in [6.45, 7) is 2.25. The molecule has 7 heteroatoms. The van der Waals surface area contributed by atoms with E-state index in [0.717, 1.165) is 6.42 Å². The van der Waals surface area contributed by atoms with Gasteiger partial charge >= 0.3 is 16.1 Å². The lowest BCUT2D eigenvalue weighted by molar-refractivity contribution is 0.0450. The van der Waals surface area contributed by atoms with E-state index in [4.69, 9.17) is 13.7 Å². The van der Waals surface area contributed by atoms with Gasteiger partial charge in [-0.05, 0) is 42.8 Å². The molecular formula is C19H22O6S. The minimum absolute atomic E-state index is 0.0330. The quantitative estimate of drug-likeness (QED) is 0.358. The van der Waals surface area contributed by atoms with Gasteiger partial charge in [-0.2, -0.15) is 8.42 Å². The van der Waals surface area contributed by atoms with E-state index in [1.807, 2.05) is 37.3 Å². The molecule has 0 amide bonds. The molecule has 0 saturated carbocycles. The van der Waals surface area contributed by atoms with Crippen LogP contribution in [0.2, 0.25) is 0 Å². The molecule has 0 unspecified atom stereocenters. The molecule has 0 aliphatic rings. The standard InChI is InChI=1S/C19H22O6S/c1-2-3-15-26(21,22)25-18-11-9-16(10-12-18)19(20)24-14-13-23-17-7-5-4-6-8-17/h4-12H,2-3,13-15H2,1H3. The predicted octanol–water partition coefficient (Wildman–Crippen LogP) is 3.43. The molecule has 2 aromatic rings. The summed E-state index contributed by atoms with van der Waals surface area (Å²) in [6, 6.07) is 15.0. The van der Waals surface area contributed by atoms with E-state index in [1.165, 1.54) is 24.3 Å². The number of unbranched alkanes of at least 4 members (excludes halogenated alkanes) is 1. The zero-order chi connectivity index (χ0) is 18.8. The van der Waals surface area contributed by atoms with Crippen LogP contribution in [0, 0.1) is 0 Å². The Morgan fingerprint density at radius 2 is 1.62 bits per heavy atom. The zero-order valence-electron chi connectivity index (χ0n) is 14.6. The Labute approximate surface area is 153 Å². The lowest BCUT2D eigenvalue weighted by Crippen LogP contribution is -2.14. The molecule has 26 heavy (non-hydrogen) atoms. The Kier molecular flexibility index (Phi) is 7.47. The average molecular weight is 378 g/mol. The third kappa shape index (κ3) is 6.76. The van der Waals surface area contributed by atoms with Gasteiger partial charge in [0.25, 0.3) is 0 Å². The number of carbonyl (C=O) groups excluding carboxylic acids is 1. The third-order valence-corrected chi connectivity index (χ3v) is 4.62. The largest absolute Gasteiger partial charge is 0.490 e. The van der Waals surface area contributed by atoms with Gasteiger partial charge in [0.05, 0.1) is 11.3 Å². The van der Waals surface area contributed by atoms with Crippen molar-refractivity contribution in [1.29, 1.82) is 0 Å². The molecule has 0 atom stereocenters. The number of hydrogen-bond donors (Lipinski definition) is 0. The highest BCUT2D eigenvalue weighted by Gasteiger charge is 2.13. The van der Waals surface area contributed by atoms with Crippen molar-refractivity contribution in [2.24, 2.45) is 0 Å². The number of para-hydroxylation sites is 1. The summed E-state index contributed by atoms with van der Waals surface area (Å²) in [4.78, 5) is 12.0. The summed E-state index contributed by atoms with van der Waals surface area (Å²) in [5.41, 5.74) is 0.308. The van der Waals surface area contributed by atoms with Crippen LogP contribution in [0.25, 0.3) is 0 Å². The molecule has 0 saturated heterocycles.